The van der Waals surface area contributed by atoms with Gasteiger partial charge in [0.05, 0.1) is 4.92 Å². The molecule has 0 aromatic heterocycles. The molecule has 1 unspecified atom stereocenters. The molecule has 0 aliphatic carbocycles. The largest absolute Gasteiger partial charge is 0.452 e. The molecule has 0 spiro atoms. The predicted molar refractivity (Wildman–Crippen MR) is 109 cm³/mol. The van der Waals surface area contributed by atoms with Crippen LogP contribution in [0.5, 0.6) is 17.2 Å². The first kappa shape index (κ1) is 22.7. The number of hydrogen-bond donors (Lipinski definition) is 0. The summed E-state index contributed by atoms with van der Waals surface area (Å²) in [5.41, 5.74) is -1.17. The second-order valence-corrected chi connectivity index (χ2v) is 9.20. The van der Waals surface area contributed by atoms with Gasteiger partial charge in [0.25, 0.3) is 13.1 Å². The van der Waals surface area contributed by atoms with Gasteiger partial charge in [-0.25, -0.2) is 8.78 Å². The van der Waals surface area contributed by atoms with Crippen molar-refractivity contribution in [1.29, 1.82) is 0 Å². The van der Waals surface area contributed by atoms with Crippen molar-refractivity contribution in [3.8, 4) is 17.2 Å². The van der Waals surface area contributed by atoms with E-state index >= 15 is 0 Å². The maximum absolute atomic E-state index is 14.3. The highest BCUT2D eigenvalue weighted by Gasteiger charge is 2.32. The Hall–Kier alpha value is -3.03. The highest BCUT2D eigenvalue weighted by Crippen LogP contribution is 2.46. The van der Waals surface area contributed by atoms with Crippen LogP contribution in [0.4, 0.5) is 18.9 Å². The van der Waals surface area contributed by atoms with Crippen LogP contribution in [-0.2, 0) is 4.57 Å². The van der Waals surface area contributed by atoms with E-state index in [4.69, 9.17) is 20.9 Å². The maximum atomic E-state index is 14.3. The Morgan fingerprint density at radius 3 is 2.26 bits per heavy atom. The highest BCUT2D eigenvalue weighted by atomic mass is 35.5. The van der Waals surface area contributed by atoms with Gasteiger partial charge in [-0.2, -0.15) is 4.39 Å². The number of nitrogens with zero attached hydrogens (tertiary/aromatic N) is 1. The fourth-order valence-corrected chi connectivity index (χ4v) is 4.53. The van der Waals surface area contributed by atoms with Crippen LogP contribution in [0.2, 0.25) is 5.02 Å². The zero-order chi connectivity index (χ0) is 22.9. The molecule has 0 fully saturated rings. The van der Waals surface area contributed by atoms with E-state index in [2.05, 4.69) is 0 Å². The average molecular weight is 472 g/mol. The lowest BCUT2D eigenvalue weighted by molar-refractivity contribution is -0.383. The number of hydrogen-bond acceptors (Lipinski definition) is 5. The van der Waals surface area contributed by atoms with Crippen molar-refractivity contribution in [3.63, 3.8) is 0 Å². The number of benzene rings is 3. The van der Waals surface area contributed by atoms with E-state index in [0.717, 1.165) is 31.8 Å². The number of nitro benzene ring substituents is 1. The lowest BCUT2D eigenvalue weighted by Crippen LogP contribution is -2.14. The summed E-state index contributed by atoms with van der Waals surface area (Å²) in [4.78, 5) is 10.7. The molecule has 0 N–H and O–H groups in total. The molecule has 3 rings (SSSR count). The zero-order valence-corrected chi connectivity index (χ0v) is 17.7. The Kier molecular flexibility index (Phi) is 6.29. The molecule has 0 saturated heterocycles. The Morgan fingerprint density at radius 1 is 1.00 bits per heavy atom. The van der Waals surface area contributed by atoms with Crippen LogP contribution in [-0.4, -0.2) is 11.6 Å². The Balaban J connectivity index is 2.08. The molecule has 0 heterocycles. The van der Waals surface area contributed by atoms with Gasteiger partial charge in [0.1, 0.15) is 21.8 Å². The van der Waals surface area contributed by atoms with Crippen molar-refractivity contribution in [2.75, 3.05) is 6.66 Å². The van der Waals surface area contributed by atoms with Gasteiger partial charge in [-0.05, 0) is 25.1 Å². The molecule has 0 radical (unpaired) electrons. The summed E-state index contributed by atoms with van der Waals surface area (Å²) in [5.74, 6) is -5.28. The van der Waals surface area contributed by atoms with Gasteiger partial charge >= 0.3 is 0 Å². The Morgan fingerprint density at radius 2 is 1.65 bits per heavy atom. The summed E-state index contributed by atoms with van der Waals surface area (Å²) >= 11 is 5.75. The van der Waals surface area contributed by atoms with E-state index in [1.807, 2.05) is 0 Å². The third-order valence-electron chi connectivity index (χ3n) is 4.27. The fourth-order valence-electron chi connectivity index (χ4n) is 2.71. The minimum absolute atomic E-state index is 0.200. The van der Waals surface area contributed by atoms with E-state index in [9.17, 15) is 27.9 Å². The lowest BCUT2D eigenvalue weighted by Gasteiger charge is -2.17. The van der Waals surface area contributed by atoms with Crippen molar-refractivity contribution in [1.82, 2.24) is 0 Å². The van der Waals surface area contributed by atoms with Crippen LogP contribution < -0.4 is 14.6 Å². The van der Waals surface area contributed by atoms with E-state index in [-0.39, 0.29) is 16.8 Å². The normalized spacial score (nSPS) is 12.8. The minimum atomic E-state index is -3.84. The van der Waals surface area contributed by atoms with Crippen LogP contribution in [0.25, 0.3) is 0 Å². The molecule has 3 aromatic rings. The first-order valence-electron chi connectivity index (χ1n) is 8.64. The van der Waals surface area contributed by atoms with Gasteiger partial charge in [0.2, 0.25) is 5.82 Å². The standard InChI is InChI=1S/C20H14ClF3NO5P/c1-11-17(22)16(21)20(19(24)18(11)23)29-13-8-9-14(25(26)27)15(10-13)31(2,28)30-12-6-4-3-5-7-12/h3-10H,1-2H3. The lowest BCUT2D eigenvalue weighted by atomic mass is 10.2. The molecule has 31 heavy (non-hydrogen) atoms. The topological polar surface area (TPSA) is 78.7 Å². The van der Waals surface area contributed by atoms with E-state index in [1.54, 1.807) is 18.2 Å². The van der Waals surface area contributed by atoms with Crippen LogP contribution in [0.15, 0.2) is 48.5 Å². The van der Waals surface area contributed by atoms with Gasteiger partial charge in [-0.15, -0.1) is 0 Å². The molecule has 0 aliphatic rings. The number of rotatable bonds is 6. The summed E-state index contributed by atoms with van der Waals surface area (Å²) < 4.78 is 66.1. The average Bonchev–Trinajstić information content (AvgIpc) is 2.74. The van der Waals surface area contributed by atoms with Gasteiger partial charge in [-0.3, -0.25) is 14.7 Å². The zero-order valence-electron chi connectivity index (χ0n) is 16.1. The van der Waals surface area contributed by atoms with Gasteiger partial charge in [-0.1, -0.05) is 29.8 Å². The second kappa shape index (κ2) is 8.61. The van der Waals surface area contributed by atoms with Gasteiger partial charge in [0.15, 0.2) is 17.4 Å². The van der Waals surface area contributed by atoms with Crippen molar-refractivity contribution >= 4 is 30.0 Å². The number of nitro groups is 1. The fraction of sp³-hybridized carbons (Fsp3) is 0.100. The van der Waals surface area contributed by atoms with Gasteiger partial charge in [0, 0.05) is 24.4 Å². The highest BCUT2D eigenvalue weighted by molar-refractivity contribution is 7.66. The van der Waals surface area contributed by atoms with Crippen molar-refractivity contribution in [2.24, 2.45) is 0 Å². The SMILES string of the molecule is Cc1c(F)c(F)c(Oc2ccc([N+](=O)[O-])c(P(C)(=O)Oc3ccccc3)c2)c(Cl)c1F. The summed E-state index contributed by atoms with van der Waals surface area (Å²) in [5, 5.41) is 10.3. The van der Waals surface area contributed by atoms with Crippen molar-refractivity contribution in [3.05, 3.63) is 86.7 Å². The summed E-state index contributed by atoms with van der Waals surface area (Å²) in [6.45, 7) is 2.16. The minimum Gasteiger partial charge on any atom is -0.452 e. The third-order valence-corrected chi connectivity index (χ3v) is 6.40. The van der Waals surface area contributed by atoms with E-state index in [0.29, 0.717) is 0 Å². The van der Waals surface area contributed by atoms with Crippen molar-refractivity contribution < 1.29 is 31.9 Å². The molecule has 6 nitrogen and oxygen atoms in total. The number of halogens is 4. The summed E-state index contributed by atoms with van der Waals surface area (Å²) in [6, 6.07) is 10.9. The monoisotopic (exact) mass is 471 g/mol. The molecular formula is C20H14ClF3NO5P. The maximum Gasteiger partial charge on any atom is 0.283 e. The second-order valence-electron chi connectivity index (χ2n) is 6.47. The van der Waals surface area contributed by atoms with Crippen molar-refractivity contribution in [2.45, 2.75) is 6.92 Å². The molecule has 0 saturated carbocycles. The summed E-state index contributed by atoms with van der Waals surface area (Å²) in [7, 11) is -3.84. The number of ether oxygens (including phenoxy) is 1. The molecule has 11 heteroatoms. The smallest absolute Gasteiger partial charge is 0.283 e. The Labute approximate surface area is 179 Å². The molecule has 162 valence electrons. The molecule has 0 bridgehead atoms. The molecule has 0 amide bonds. The molecule has 1 atom stereocenters. The predicted octanol–water partition coefficient (Wildman–Crippen LogP) is 6.38. The van der Waals surface area contributed by atoms with Crippen LogP contribution >= 0.6 is 19.0 Å². The molecular weight excluding hydrogens is 458 g/mol. The van der Waals surface area contributed by atoms with Crippen LogP contribution in [0.3, 0.4) is 0 Å². The first-order chi connectivity index (χ1) is 14.5. The van der Waals surface area contributed by atoms with Crippen LogP contribution in [0, 0.1) is 34.5 Å². The molecule has 0 aliphatic heterocycles. The molecule has 3 aromatic carbocycles. The van der Waals surface area contributed by atoms with E-state index in [1.165, 1.54) is 12.1 Å². The number of para-hydroxylation sites is 1. The van der Waals surface area contributed by atoms with Gasteiger partial charge < -0.3 is 9.26 Å². The first-order valence-corrected chi connectivity index (χ1v) is 11.1. The Bertz CT molecular complexity index is 1190. The third kappa shape index (κ3) is 4.52. The summed E-state index contributed by atoms with van der Waals surface area (Å²) in [6.07, 6.45) is 0. The van der Waals surface area contributed by atoms with Crippen LogP contribution in [0.1, 0.15) is 5.56 Å². The van der Waals surface area contributed by atoms with E-state index < -0.39 is 51.8 Å². The quantitative estimate of drug-likeness (QED) is 0.180.